The molecule has 6 nitrogen and oxygen atoms in total. The lowest BCUT2D eigenvalue weighted by Crippen LogP contribution is -2.26. The van der Waals surface area contributed by atoms with Crippen LogP contribution >= 0.6 is 15.9 Å². The average Bonchev–Trinajstić information content (AvgIpc) is 3.07. The number of amides is 1. The number of rotatable bonds is 2. The first-order valence-corrected chi connectivity index (χ1v) is 6.36. The second-order valence-electron chi connectivity index (χ2n) is 4.06. The highest BCUT2D eigenvalue weighted by Gasteiger charge is 2.15. The third-order valence-corrected chi connectivity index (χ3v) is 3.50. The predicted octanol–water partition coefficient (Wildman–Crippen LogP) is 2.10. The predicted molar refractivity (Wildman–Crippen MR) is 74.2 cm³/mol. The van der Waals surface area contributed by atoms with E-state index >= 15 is 0 Å². The van der Waals surface area contributed by atoms with Gasteiger partial charge >= 0.3 is 0 Å². The summed E-state index contributed by atoms with van der Waals surface area (Å²) in [5, 5.41) is 10.7. The number of nitrogens with zero attached hydrogens (tertiary/aromatic N) is 4. The molecule has 0 bridgehead atoms. The van der Waals surface area contributed by atoms with Crippen LogP contribution in [0, 0.1) is 0 Å². The molecule has 0 saturated heterocycles. The lowest BCUT2D eigenvalue weighted by Gasteiger charge is -2.14. The van der Waals surface area contributed by atoms with E-state index in [4.69, 9.17) is 0 Å². The molecule has 0 aliphatic heterocycles. The highest BCUT2D eigenvalue weighted by Crippen LogP contribution is 2.19. The van der Waals surface area contributed by atoms with E-state index in [-0.39, 0.29) is 5.91 Å². The van der Waals surface area contributed by atoms with E-state index in [0.717, 1.165) is 9.99 Å². The molecular weight excluding hydrogens is 310 g/mol. The fraction of sp³-hybridized carbons (Fsp3) is 0.0833. The lowest BCUT2D eigenvalue weighted by atomic mass is 10.2. The Labute approximate surface area is 117 Å². The summed E-state index contributed by atoms with van der Waals surface area (Å²) in [6.07, 6.45) is 6.67. The van der Waals surface area contributed by atoms with Crippen LogP contribution in [-0.4, -0.2) is 32.8 Å². The van der Waals surface area contributed by atoms with Crippen molar-refractivity contribution in [3.63, 3.8) is 0 Å². The minimum absolute atomic E-state index is 0.116. The van der Waals surface area contributed by atoms with Crippen LogP contribution in [0.25, 0.3) is 5.52 Å². The number of hydrogen-bond donors (Lipinski definition) is 1. The summed E-state index contributed by atoms with van der Waals surface area (Å²) in [5.41, 5.74) is 2.20. The molecule has 0 spiro atoms. The van der Waals surface area contributed by atoms with Gasteiger partial charge in [0.2, 0.25) is 0 Å². The van der Waals surface area contributed by atoms with Crippen LogP contribution in [0.3, 0.4) is 0 Å². The van der Waals surface area contributed by atoms with Gasteiger partial charge in [-0.2, -0.15) is 10.2 Å². The number of nitrogens with one attached hydrogen (secondary N) is 1. The Kier molecular flexibility index (Phi) is 2.83. The third-order valence-electron chi connectivity index (χ3n) is 2.89. The number of H-pyrrole nitrogens is 1. The first-order chi connectivity index (χ1) is 9.16. The lowest BCUT2D eigenvalue weighted by molar-refractivity contribution is 0.0992. The zero-order chi connectivity index (χ0) is 13.4. The van der Waals surface area contributed by atoms with Crippen molar-refractivity contribution in [2.75, 3.05) is 11.9 Å². The van der Waals surface area contributed by atoms with Crippen molar-refractivity contribution in [1.82, 2.24) is 19.8 Å². The summed E-state index contributed by atoms with van der Waals surface area (Å²) >= 11 is 3.40. The van der Waals surface area contributed by atoms with E-state index in [1.807, 2.05) is 6.07 Å². The Morgan fingerprint density at radius 3 is 3.00 bits per heavy atom. The molecule has 0 aliphatic carbocycles. The van der Waals surface area contributed by atoms with Crippen LogP contribution in [0.4, 0.5) is 5.69 Å². The quantitative estimate of drug-likeness (QED) is 0.786. The third kappa shape index (κ3) is 2.01. The van der Waals surface area contributed by atoms with Gasteiger partial charge in [0.25, 0.3) is 5.91 Å². The molecular formula is C12H10BrN5O. The van der Waals surface area contributed by atoms with Crippen LogP contribution in [-0.2, 0) is 0 Å². The van der Waals surface area contributed by atoms with Gasteiger partial charge in [0.15, 0.2) is 0 Å². The molecule has 1 amide bonds. The SMILES string of the molecule is CN(C(=O)c1ccc2c(Br)cnn2c1)c1cn[nH]c1. The molecule has 0 radical (unpaired) electrons. The molecule has 0 atom stereocenters. The molecule has 0 aliphatic rings. The number of hydrogen-bond acceptors (Lipinski definition) is 3. The number of halogens is 1. The summed E-state index contributed by atoms with van der Waals surface area (Å²) in [7, 11) is 1.70. The Morgan fingerprint density at radius 2 is 2.26 bits per heavy atom. The summed E-state index contributed by atoms with van der Waals surface area (Å²) in [5.74, 6) is -0.116. The molecule has 0 fully saturated rings. The van der Waals surface area contributed by atoms with Crippen LogP contribution in [0.1, 0.15) is 10.4 Å². The number of anilines is 1. The molecule has 0 saturated carbocycles. The van der Waals surface area contributed by atoms with Gasteiger partial charge in [-0.15, -0.1) is 0 Å². The summed E-state index contributed by atoms with van der Waals surface area (Å²) in [4.78, 5) is 13.9. The van der Waals surface area contributed by atoms with Crippen molar-refractivity contribution in [2.45, 2.75) is 0 Å². The molecule has 7 heteroatoms. The molecule has 3 rings (SSSR count). The number of carbonyl (C=O) groups excluding carboxylic acids is 1. The van der Waals surface area contributed by atoms with Gasteiger partial charge in [-0.1, -0.05) is 0 Å². The largest absolute Gasteiger partial charge is 0.308 e. The normalized spacial score (nSPS) is 10.8. The number of fused-ring (bicyclic) bond motifs is 1. The second-order valence-corrected chi connectivity index (χ2v) is 4.92. The average molecular weight is 320 g/mol. The fourth-order valence-electron chi connectivity index (χ4n) is 1.82. The van der Waals surface area contributed by atoms with Gasteiger partial charge in [-0.05, 0) is 28.1 Å². The first-order valence-electron chi connectivity index (χ1n) is 5.56. The van der Waals surface area contributed by atoms with Crippen LogP contribution in [0.5, 0.6) is 0 Å². The van der Waals surface area contributed by atoms with Gasteiger partial charge in [-0.3, -0.25) is 9.89 Å². The maximum atomic E-state index is 12.3. The topological polar surface area (TPSA) is 66.3 Å². The summed E-state index contributed by atoms with van der Waals surface area (Å²) in [6, 6.07) is 3.63. The molecule has 1 N–H and O–H groups in total. The smallest absolute Gasteiger partial charge is 0.259 e. The zero-order valence-electron chi connectivity index (χ0n) is 10.0. The van der Waals surface area contributed by atoms with Crippen LogP contribution in [0.2, 0.25) is 0 Å². The van der Waals surface area contributed by atoms with Crippen molar-refractivity contribution in [1.29, 1.82) is 0 Å². The molecule has 3 aromatic heterocycles. The van der Waals surface area contributed by atoms with E-state index in [2.05, 4.69) is 31.2 Å². The van der Waals surface area contributed by atoms with E-state index in [1.165, 1.54) is 4.90 Å². The molecule has 96 valence electrons. The number of carbonyl (C=O) groups is 1. The highest BCUT2D eigenvalue weighted by molar-refractivity contribution is 9.10. The van der Waals surface area contributed by atoms with Crippen molar-refractivity contribution in [3.05, 3.63) is 47.0 Å². The van der Waals surface area contributed by atoms with Gasteiger partial charge < -0.3 is 4.90 Å². The highest BCUT2D eigenvalue weighted by atomic mass is 79.9. The molecule has 19 heavy (non-hydrogen) atoms. The molecule has 0 unspecified atom stereocenters. The monoisotopic (exact) mass is 319 g/mol. The zero-order valence-corrected chi connectivity index (χ0v) is 11.6. The Balaban J connectivity index is 1.97. The Bertz CT molecular complexity index is 734. The Hall–Kier alpha value is -2.15. The summed E-state index contributed by atoms with van der Waals surface area (Å²) < 4.78 is 2.57. The maximum Gasteiger partial charge on any atom is 0.259 e. The molecule has 3 aromatic rings. The van der Waals surface area contributed by atoms with Gasteiger partial charge in [0, 0.05) is 19.4 Å². The van der Waals surface area contributed by atoms with Crippen molar-refractivity contribution < 1.29 is 4.79 Å². The van der Waals surface area contributed by atoms with Gasteiger partial charge in [-0.25, -0.2) is 4.52 Å². The fourth-order valence-corrected chi connectivity index (χ4v) is 2.22. The van der Waals surface area contributed by atoms with Crippen LogP contribution in [0.15, 0.2) is 41.4 Å². The van der Waals surface area contributed by atoms with Gasteiger partial charge in [0.1, 0.15) is 0 Å². The molecule has 0 aromatic carbocycles. The van der Waals surface area contributed by atoms with E-state index in [0.29, 0.717) is 11.3 Å². The van der Waals surface area contributed by atoms with Crippen molar-refractivity contribution in [3.8, 4) is 0 Å². The number of pyridine rings is 1. The summed E-state index contributed by atoms with van der Waals surface area (Å²) in [6.45, 7) is 0. The Morgan fingerprint density at radius 1 is 1.42 bits per heavy atom. The maximum absolute atomic E-state index is 12.3. The van der Waals surface area contributed by atoms with Crippen LogP contribution < -0.4 is 4.90 Å². The first kappa shape index (κ1) is 11.9. The minimum Gasteiger partial charge on any atom is -0.308 e. The number of aromatic nitrogens is 4. The van der Waals surface area contributed by atoms with Crippen molar-refractivity contribution >= 4 is 33.0 Å². The minimum atomic E-state index is -0.116. The van der Waals surface area contributed by atoms with E-state index in [1.54, 1.807) is 42.4 Å². The van der Waals surface area contributed by atoms with Crippen molar-refractivity contribution in [2.24, 2.45) is 0 Å². The second kappa shape index (κ2) is 4.51. The molecule has 3 heterocycles. The van der Waals surface area contributed by atoms with E-state index < -0.39 is 0 Å². The standard InChI is InChI=1S/C12H10BrN5O/c1-17(9-4-14-15-5-9)12(19)8-2-3-11-10(13)6-16-18(11)7-8/h2-7H,1H3,(H,14,15). The number of aromatic amines is 1. The van der Waals surface area contributed by atoms with Gasteiger partial charge in [0.05, 0.1) is 33.6 Å². The van der Waals surface area contributed by atoms with E-state index in [9.17, 15) is 4.79 Å².